The quantitative estimate of drug-likeness (QED) is 0.483. The minimum absolute atomic E-state index is 0.933. The number of rotatable bonds is 0. The van der Waals surface area contributed by atoms with Crippen LogP contribution in [0, 0.1) is 0 Å². The molecule has 0 fully saturated rings. The zero-order chi connectivity index (χ0) is 5.82. The molecule has 8 heavy (non-hydrogen) atoms. The standard InChI is InChI=1S/C5H7N3/c1-5-2-3-6-4-7-8-5/h2-4H,1H3,(H,6,7). The van der Waals surface area contributed by atoms with E-state index in [4.69, 9.17) is 0 Å². The van der Waals surface area contributed by atoms with E-state index in [9.17, 15) is 0 Å². The lowest BCUT2D eigenvalue weighted by Gasteiger charge is -1.84. The molecule has 1 N–H and O–H groups in total. The number of nitrogens with zero attached hydrogens (tertiary/aromatic N) is 2. The maximum Gasteiger partial charge on any atom is 0.108 e. The predicted octanol–water partition coefficient (Wildman–Crippen LogP) is 0.508. The zero-order valence-electron chi connectivity index (χ0n) is 4.63. The fourth-order valence-electron chi connectivity index (χ4n) is 0.395. The number of hydrazone groups is 1. The van der Waals surface area contributed by atoms with E-state index >= 15 is 0 Å². The number of hydrogen-bond acceptors (Lipinski definition) is 3. The van der Waals surface area contributed by atoms with Gasteiger partial charge in [0.2, 0.25) is 0 Å². The van der Waals surface area contributed by atoms with E-state index in [0.29, 0.717) is 0 Å². The van der Waals surface area contributed by atoms with Gasteiger partial charge in [0.25, 0.3) is 0 Å². The second kappa shape index (κ2) is 2.26. The first-order chi connectivity index (χ1) is 3.89. The molecule has 3 heteroatoms. The average Bonchev–Trinajstić information content (AvgIpc) is 1.94. The van der Waals surface area contributed by atoms with Crippen molar-refractivity contribution in [3.8, 4) is 0 Å². The molecule has 0 spiro atoms. The van der Waals surface area contributed by atoms with Crippen LogP contribution in [0.25, 0.3) is 0 Å². The summed E-state index contributed by atoms with van der Waals surface area (Å²) in [5.41, 5.74) is 3.56. The van der Waals surface area contributed by atoms with Gasteiger partial charge in [-0.15, -0.1) is 0 Å². The Morgan fingerprint density at radius 1 is 1.62 bits per heavy atom. The maximum absolute atomic E-state index is 3.85. The molecule has 1 aliphatic rings. The van der Waals surface area contributed by atoms with E-state index in [1.54, 1.807) is 6.20 Å². The van der Waals surface area contributed by atoms with Crippen LogP contribution in [0.4, 0.5) is 0 Å². The molecule has 0 unspecified atom stereocenters. The first-order valence-corrected chi connectivity index (χ1v) is 2.37. The molecule has 1 aliphatic heterocycles. The van der Waals surface area contributed by atoms with Crippen LogP contribution in [0.2, 0.25) is 0 Å². The van der Waals surface area contributed by atoms with E-state index in [-0.39, 0.29) is 0 Å². The Balaban J connectivity index is 2.69. The molecule has 0 radical (unpaired) electrons. The molecule has 0 aromatic carbocycles. The van der Waals surface area contributed by atoms with E-state index in [1.807, 2.05) is 13.0 Å². The van der Waals surface area contributed by atoms with Gasteiger partial charge < -0.3 is 0 Å². The third-order valence-corrected chi connectivity index (χ3v) is 0.775. The van der Waals surface area contributed by atoms with Gasteiger partial charge in [0.05, 0.1) is 5.71 Å². The van der Waals surface area contributed by atoms with Crippen LogP contribution in [0.5, 0.6) is 0 Å². The molecule has 0 saturated carbocycles. The molecule has 0 aliphatic carbocycles. The lowest BCUT2D eigenvalue weighted by Crippen LogP contribution is -2.01. The van der Waals surface area contributed by atoms with Crippen molar-refractivity contribution in [2.75, 3.05) is 0 Å². The van der Waals surface area contributed by atoms with Crippen molar-refractivity contribution in [2.45, 2.75) is 6.92 Å². The summed E-state index contributed by atoms with van der Waals surface area (Å²) >= 11 is 0. The molecule has 0 amide bonds. The molecule has 0 aromatic heterocycles. The second-order valence-corrected chi connectivity index (χ2v) is 1.48. The normalized spacial score (nSPS) is 16.9. The summed E-state index contributed by atoms with van der Waals surface area (Å²) in [6, 6.07) is 0. The Bertz CT molecular complexity index is 152. The molecule has 1 rings (SSSR count). The monoisotopic (exact) mass is 109 g/mol. The second-order valence-electron chi connectivity index (χ2n) is 1.48. The third kappa shape index (κ3) is 1.18. The minimum atomic E-state index is 0.933. The Morgan fingerprint density at radius 2 is 2.50 bits per heavy atom. The Labute approximate surface area is 47.8 Å². The van der Waals surface area contributed by atoms with Crippen LogP contribution in [-0.2, 0) is 0 Å². The number of aliphatic imine (C=N–C) groups is 1. The van der Waals surface area contributed by atoms with Gasteiger partial charge in [-0.1, -0.05) is 0 Å². The fraction of sp³-hybridized carbons (Fsp3) is 0.200. The number of nitrogens with one attached hydrogen (secondary N) is 1. The molecular weight excluding hydrogens is 102 g/mol. The Morgan fingerprint density at radius 3 is 3.38 bits per heavy atom. The van der Waals surface area contributed by atoms with Gasteiger partial charge in [0.15, 0.2) is 0 Å². The van der Waals surface area contributed by atoms with Crippen molar-refractivity contribution >= 4 is 12.1 Å². The van der Waals surface area contributed by atoms with Crippen LogP contribution < -0.4 is 5.43 Å². The first kappa shape index (κ1) is 5.03. The van der Waals surface area contributed by atoms with Gasteiger partial charge in [-0.2, -0.15) is 5.10 Å². The van der Waals surface area contributed by atoms with Crippen molar-refractivity contribution in [2.24, 2.45) is 10.1 Å². The summed E-state index contributed by atoms with van der Waals surface area (Å²) in [4.78, 5) is 3.79. The maximum atomic E-state index is 3.85. The Kier molecular flexibility index (Phi) is 1.42. The average molecular weight is 109 g/mol. The highest BCUT2D eigenvalue weighted by atomic mass is 15.3. The topological polar surface area (TPSA) is 36.8 Å². The van der Waals surface area contributed by atoms with Crippen LogP contribution in [0.1, 0.15) is 6.92 Å². The van der Waals surface area contributed by atoms with Crippen LogP contribution in [0.3, 0.4) is 0 Å². The number of hydrogen-bond donors (Lipinski definition) is 1. The van der Waals surface area contributed by atoms with Gasteiger partial charge in [0, 0.05) is 6.20 Å². The highest BCUT2D eigenvalue weighted by Crippen LogP contribution is 1.81. The zero-order valence-corrected chi connectivity index (χ0v) is 4.63. The van der Waals surface area contributed by atoms with E-state index in [2.05, 4.69) is 15.5 Å². The summed E-state index contributed by atoms with van der Waals surface area (Å²) in [6.45, 7) is 1.90. The van der Waals surface area contributed by atoms with Crippen molar-refractivity contribution in [3.63, 3.8) is 0 Å². The minimum Gasteiger partial charge on any atom is -0.267 e. The molecular formula is C5H7N3. The van der Waals surface area contributed by atoms with Crippen molar-refractivity contribution < 1.29 is 0 Å². The van der Waals surface area contributed by atoms with E-state index in [0.717, 1.165) is 5.71 Å². The van der Waals surface area contributed by atoms with Gasteiger partial charge in [-0.25, -0.2) is 4.99 Å². The largest absolute Gasteiger partial charge is 0.267 e. The van der Waals surface area contributed by atoms with Gasteiger partial charge in [-0.05, 0) is 13.0 Å². The summed E-state index contributed by atoms with van der Waals surface area (Å²) in [7, 11) is 0. The first-order valence-electron chi connectivity index (χ1n) is 2.37. The summed E-state index contributed by atoms with van der Waals surface area (Å²) in [6.07, 6.45) is 5.06. The smallest absolute Gasteiger partial charge is 0.108 e. The molecule has 42 valence electrons. The van der Waals surface area contributed by atoms with Crippen molar-refractivity contribution in [1.82, 2.24) is 5.43 Å². The van der Waals surface area contributed by atoms with E-state index in [1.165, 1.54) is 6.34 Å². The van der Waals surface area contributed by atoms with Crippen LogP contribution in [-0.4, -0.2) is 12.1 Å². The van der Waals surface area contributed by atoms with E-state index < -0.39 is 0 Å². The molecule has 3 nitrogen and oxygen atoms in total. The SMILES string of the molecule is CC1=NNC=NC=C1. The fourth-order valence-corrected chi connectivity index (χ4v) is 0.395. The lowest BCUT2D eigenvalue weighted by atomic mass is 10.4. The number of allylic oxidation sites excluding steroid dienone is 1. The molecule has 0 aromatic rings. The highest BCUT2D eigenvalue weighted by molar-refractivity contribution is 5.93. The van der Waals surface area contributed by atoms with Crippen molar-refractivity contribution in [1.29, 1.82) is 0 Å². The summed E-state index contributed by atoms with van der Waals surface area (Å²) in [5, 5.41) is 3.85. The summed E-state index contributed by atoms with van der Waals surface area (Å²) in [5.74, 6) is 0. The van der Waals surface area contributed by atoms with Crippen LogP contribution in [0.15, 0.2) is 22.4 Å². The van der Waals surface area contributed by atoms with Gasteiger partial charge in [0.1, 0.15) is 6.34 Å². The van der Waals surface area contributed by atoms with Crippen LogP contribution >= 0.6 is 0 Å². The van der Waals surface area contributed by atoms with Gasteiger partial charge in [-0.3, -0.25) is 5.43 Å². The highest BCUT2D eigenvalue weighted by Gasteiger charge is 1.81. The lowest BCUT2D eigenvalue weighted by molar-refractivity contribution is 1.06. The summed E-state index contributed by atoms with van der Waals surface area (Å²) < 4.78 is 0. The Hall–Kier alpha value is -1.12. The molecule has 0 atom stereocenters. The molecule has 0 saturated heterocycles. The third-order valence-electron chi connectivity index (χ3n) is 0.775. The molecule has 0 bridgehead atoms. The van der Waals surface area contributed by atoms with Gasteiger partial charge >= 0.3 is 0 Å². The predicted molar refractivity (Wildman–Crippen MR) is 33.9 cm³/mol. The molecule has 1 heterocycles. The van der Waals surface area contributed by atoms with Crippen molar-refractivity contribution in [3.05, 3.63) is 12.3 Å².